The molecule has 2 heterocycles. The zero-order chi connectivity index (χ0) is 14.4. The lowest BCUT2D eigenvalue weighted by Crippen LogP contribution is -2.29. The van der Waals surface area contributed by atoms with Crippen LogP contribution >= 0.6 is 11.3 Å². The van der Waals surface area contributed by atoms with Crippen LogP contribution in [0.1, 0.15) is 16.7 Å². The van der Waals surface area contributed by atoms with Crippen molar-refractivity contribution < 1.29 is 9.53 Å². The van der Waals surface area contributed by atoms with Gasteiger partial charge >= 0.3 is 0 Å². The van der Waals surface area contributed by atoms with Crippen molar-refractivity contribution in [3.63, 3.8) is 0 Å². The lowest BCUT2D eigenvalue weighted by atomic mass is 10.2. The number of nitrogens with two attached hydrogens (primary N) is 1. The molecule has 20 heavy (non-hydrogen) atoms. The minimum absolute atomic E-state index is 0.0205. The molecule has 0 bridgehead atoms. The van der Waals surface area contributed by atoms with Gasteiger partial charge in [-0.2, -0.15) is 0 Å². The molecule has 2 aromatic rings. The van der Waals surface area contributed by atoms with Crippen molar-refractivity contribution in [3.05, 3.63) is 40.6 Å². The molecule has 0 spiro atoms. The van der Waals surface area contributed by atoms with E-state index in [9.17, 15) is 4.79 Å². The Labute approximate surface area is 121 Å². The average molecular weight is 294 g/mol. The smallest absolute Gasteiger partial charge is 0.243 e. The molecule has 6 nitrogen and oxygen atoms in total. The van der Waals surface area contributed by atoms with Gasteiger partial charge in [0.25, 0.3) is 0 Å². The number of carbonyl (C=O) groups is 1. The van der Waals surface area contributed by atoms with Gasteiger partial charge in [-0.1, -0.05) is 6.07 Å². The van der Waals surface area contributed by atoms with E-state index in [4.69, 9.17) is 10.5 Å². The van der Waals surface area contributed by atoms with Crippen molar-refractivity contribution in [2.24, 2.45) is 12.8 Å². The molecule has 3 N–H and O–H groups in total. The quantitative estimate of drug-likeness (QED) is 0.701. The Morgan fingerprint density at radius 2 is 2.50 bits per heavy atom. The summed E-state index contributed by atoms with van der Waals surface area (Å²) in [7, 11) is 1.97. The molecule has 1 atom stereocenters. The molecule has 2 rings (SSSR count). The highest BCUT2D eigenvalue weighted by Gasteiger charge is 2.18. The Hall–Kier alpha value is -1.70. The zero-order valence-electron chi connectivity index (χ0n) is 11.3. The highest BCUT2D eigenvalue weighted by atomic mass is 32.1. The molecular weight excluding hydrogens is 276 g/mol. The molecule has 1 unspecified atom stereocenters. The number of aromatic nitrogens is 2. The number of hydrogen-bond acceptors (Lipinski definition) is 5. The fourth-order valence-electron chi connectivity index (χ4n) is 1.88. The zero-order valence-corrected chi connectivity index (χ0v) is 12.1. The fourth-order valence-corrected chi connectivity index (χ4v) is 2.67. The Morgan fingerprint density at radius 1 is 1.65 bits per heavy atom. The van der Waals surface area contributed by atoms with Gasteiger partial charge in [0, 0.05) is 30.9 Å². The summed E-state index contributed by atoms with van der Waals surface area (Å²) >= 11 is 1.68. The molecule has 0 aliphatic heterocycles. The number of hydrogen-bond donors (Lipinski definition) is 2. The van der Waals surface area contributed by atoms with Crippen molar-refractivity contribution in [2.75, 3.05) is 19.8 Å². The molecule has 0 aliphatic carbocycles. The van der Waals surface area contributed by atoms with Crippen LogP contribution in [0.2, 0.25) is 0 Å². The Kier molecular flexibility index (Phi) is 5.28. The van der Waals surface area contributed by atoms with Gasteiger partial charge in [-0.25, -0.2) is 4.98 Å². The second-order valence-electron chi connectivity index (χ2n) is 4.32. The number of ether oxygens (including phenoxy) is 1. The first kappa shape index (κ1) is 14.7. The predicted octanol–water partition coefficient (Wildman–Crippen LogP) is 0.662. The molecule has 0 aromatic carbocycles. The summed E-state index contributed by atoms with van der Waals surface area (Å²) in [5.74, 6) is 0.492. The maximum atomic E-state index is 10.6. The number of imidazole rings is 1. The Morgan fingerprint density at radius 3 is 3.10 bits per heavy atom. The fraction of sp³-hybridized carbons (Fsp3) is 0.385. The molecule has 7 heteroatoms. The summed E-state index contributed by atoms with van der Waals surface area (Å²) in [6.07, 6.45) is 3.70. The molecule has 0 saturated heterocycles. The minimum Gasteiger partial charge on any atom is -0.370 e. The van der Waals surface area contributed by atoms with Gasteiger partial charge in [-0.05, 0) is 11.4 Å². The summed E-state index contributed by atoms with van der Waals surface area (Å²) in [6, 6.07) is 4.11. The molecule has 108 valence electrons. The van der Waals surface area contributed by atoms with Crippen LogP contribution in [0.3, 0.4) is 0 Å². The first-order chi connectivity index (χ1) is 9.68. The van der Waals surface area contributed by atoms with Gasteiger partial charge in [-0.15, -0.1) is 11.3 Å². The van der Waals surface area contributed by atoms with E-state index in [1.807, 2.05) is 29.3 Å². The van der Waals surface area contributed by atoms with Gasteiger partial charge in [0.1, 0.15) is 18.5 Å². The van der Waals surface area contributed by atoms with Crippen LogP contribution in [-0.2, 0) is 16.6 Å². The number of rotatable bonds is 8. The summed E-state index contributed by atoms with van der Waals surface area (Å²) in [5.41, 5.74) is 5.01. The normalized spacial score (nSPS) is 12.4. The summed E-state index contributed by atoms with van der Waals surface area (Å²) in [4.78, 5) is 16.2. The molecule has 0 radical (unpaired) electrons. The highest BCUT2D eigenvalue weighted by Crippen LogP contribution is 2.24. The Bertz CT molecular complexity index is 538. The first-order valence-corrected chi connectivity index (χ1v) is 7.16. The standard InChI is InChI=1S/C13H18N4O2S/c1-17-6-4-16-13(17)12(10-3-2-8-20-10)15-5-7-19-9-11(14)18/h2-4,6,8,12,15H,5,7,9H2,1H3,(H2,14,18). The van der Waals surface area contributed by atoms with E-state index in [0.29, 0.717) is 13.2 Å². The third kappa shape index (κ3) is 3.89. The lowest BCUT2D eigenvalue weighted by molar-refractivity contribution is -0.122. The maximum absolute atomic E-state index is 10.6. The van der Waals surface area contributed by atoms with E-state index in [0.717, 1.165) is 5.82 Å². The van der Waals surface area contributed by atoms with Gasteiger partial charge in [0.2, 0.25) is 5.91 Å². The van der Waals surface area contributed by atoms with Crippen LogP contribution in [0, 0.1) is 0 Å². The molecule has 1 amide bonds. The van der Waals surface area contributed by atoms with E-state index in [2.05, 4.69) is 16.4 Å². The number of thiophene rings is 1. The van der Waals surface area contributed by atoms with Gasteiger partial charge in [-0.3, -0.25) is 4.79 Å². The largest absolute Gasteiger partial charge is 0.370 e. The number of nitrogens with one attached hydrogen (secondary N) is 1. The molecule has 2 aromatic heterocycles. The van der Waals surface area contributed by atoms with Gasteiger partial charge in [0.05, 0.1) is 6.61 Å². The molecule has 0 aliphatic rings. The second-order valence-corrected chi connectivity index (χ2v) is 5.30. The maximum Gasteiger partial charge on any atom is 0.243 e. The van der Waals surface area contributed by atoms with Crippen LogP contribution in [0.4, 0.5) is 0 Å². The third-order valence-electron chi connectivity index (χ3n) is 2.78. The number of nitrogens with zero attached hydrogens (tertiary/aromatic N) is 2. The van der Waals surface area contributed by atoms with Crippen LogP contribution in [0.5, 0.6) is 0 Å². The van der Waals surface area contributed by atoms with Crippen molar-refractivity contribution in [1.82, 2.24) is 14.9 Å². The van der Waals surface area contributed by atoms with E-state index in [-0.39, 0.29) is 12.6 Å². The van der Waals surface area contributed by atoms with Crippen molar-refractivity contribution in [2.45, 2.75) is 6.04 Å². The van der Waals surface area contributed by atoms with Crippen LogP contribution in [0.15, 0.2) is 29.9 Å². The number of aryl methyl sites for hydroxylation is 1. The second kappa shape index (κ2) is 7.18. The van der Waals surface area contributed by atoms with E-state index < -0.39 is 5.91 Å². The van der Waals surface area contributed by atoms with Crippen molar-refractivity contribution in [3.8, 4) is 0 Å². The summed E-state index contributed by atoms with van der Waals surface area (Å²) in [6.45, 7) is 0.992. The van der Waals surface area contributed by atoms with E-state index in [1.54, 1.807) is 17.5 Å². The SMILES string of the molecule is Cn1ccnc1C(NCCOCC(N)=O)c1cccs1. The molecule has 0 saturated carbocycles. The minimum atomic E-state index is -0.455. The summed E-state index contributed by atoms with van der Waals surface area (Å²) in [5, 5.41) is 5.43. The predicted molar refractivity (Wildman–Crippen MR) is 77.4 cm³/mol. The number of primary amides is 1. The van der Waals surface area contributed by atoms with Crippen LogP contribution in [-0.4, -0.2) is 35.2 Å². The van der Waals surface area contributed by atoms with Gasteiger partial charge in [0.15, 0.2) is 0 Å². The number of amides is 1. The Balaban J connectivity index is 1.95. The monoisotopic (exact) mass is 294 g/mol. The lowest BCUT2D eigenvalue weighted by Gasteiger charge is -2.17. The van der Waals surface area contributed by atoms with Crippen molar-refractivity contribution >= 4 is 17.2 Å². The van der Waals surface area contributed by atoms with Gasteiger partial charge < -0.3 is 20.4 Å². The molecule has 0 fully saturated rings. The first-order valence-electron chi connectivity index (χ1n) is 6.28. The van der Waals surface area contributed by atoms with Crippen molar-refractivity contribution in [1.29, 1.82) is 0 Å². The number of carbonyl (C=O) groups excluding carboxylic acids is 1. The average Bonchev–Trinajstić information content (AvgIpc) is 3.05. The highest BCUT2D eigenvalue weighted by molar-refractivity contribution is 7.10. The van der Waals surface area contributed by atoms with E-state index >= 15 is 0 Å². The van der Waals surface area contributed by atoms with Crippen LogP contribution < -0.4 is 11.1 Å². The third-order valence-corrected chi connectivity index (χ3v) is 3.72. The van der Waals surface area contributed by atoms with E-state index in [1.165, 1.54) is 4.88 Å². The topological polar surface area (TPSA) is 82.2 Å². The molecular formula is C13H18N4O2S. The summed E-state index contributed by atoms with van der Waals surface area (Å²) < 4.78 is 7.14. The van der Waals surface area contributed by atoms with Crippen LogP contribution in [0.25, 0.3) is 0 Å².